The summed E-state index contributed by atoms with van der Waals surface area (Å²) in [4.78, 5) is 29.1. The van der Waals surface area contributed by atoms with Crippen molar-refractivity contribution in [1.82, 2.24) is 9.80 Å². The Kier molecular flexibility index (Phi) is 9.79. The average molecular weight is 537 g/mol. The van der Waals surface area contributed by atoms with Gasteiger partial charge in [0.1, 0.15) is 11.1 Å². The predicted octanol–water partition coefficient (Wildman–Crippen LogP) is 4.99. The van der Waals surface area contributed by atoms with Crippen LogP contribution in [0.4, 0.5) is 0 Å². The van der Waals surface area contributed by atoms with Crippen LogP contribution in [0.3, 0.4) is 0 Å². The molecule has 0 fully saturated rings. The molecule has 40 heavy (non-hydrogen) atoms. The van der Waals surface area contributed by atoms with E-state index in [1.54, 1.807) is 0 Å². The van der Waals surface area contributed by atoms with Crippen LogP contribution < -0.4 is 9.13 Å². The number of carbonyl (C=O) groups is 2. The molecule has 2 aromatic heterocycles. The van der Waals surface area contributed by atoms with Gasteiger partial charge in [0.2, 0.25) is 0 Å². The minimum absolute atomic E-state index is 0.0670. The van der Waals surface area contributed by atoms with Gasteiger partial charge < -0.3 is 9.80 Å². The lowest BCUT2D eigenvalue weighted by Gasteiger charge is -2.17. The molecule has 0 atom stereocenters. The molecule has 0 unspecified atom stereocenters. The number of pyridine rings is 2. The number of hydrogen-bond acceptors (Lipinski definition) is 2. The Morgan fingerprint density at radius 1 is 0.550 bits per heavy atom. The smallest absolute Gasteiger partial charge is 0.259 e. The lowest BCUT2D eigenvalue weighted by molar-refractivity contribution is -0.688. The van der Waals surface area contributed by atoms with Crippen LogP contribution >= 0.6 is 0 Å². The highest BCUT2D eigenvalue weighted by Crippen LogP contribution is 2.20. The van der Waals surface area contributed by atoms with E-state index in [4.69, 9.17) is 0 Å². The Morgan fingerprint density at radius 2 is 0.900 bits per heavy atom. The van der Waals surface area contributed by atoms with Gasteiger partial charge in [0.25, 0.3) is 11.8 Å². The molecule has 0 saturated heterocycles. The molecule has 6 nitrogen and oxygen atoms in total. The standard InChI is InChI=1S/C34H40N4O2/c1-5-37(6-2)33(39)31-11-9-21-35(25-31)23-27-13-17-29(18-14-27)30-19-15-28(16-20-30)24-36-22-10-12-32(26-36)34(40)38(7-3)8-4/h9-22,25-26H,5-8,23-24H2,1-4H3/q+2. The van der Waals surface area contributed by atoms with Crippen LogP contribution in [-0.2, 0) is 13.1 Å². The third-order valence-corrected chi connectivity index (χ3v) is 7.28. The molecule has 0 aliphatic rings. The third-order valence-electron chi connectivity index (χ3n) is 7.28. The molecule has 0 spiro atoms. The van der Waals surface area contributed by atoms with E-state index in [1.807, 2.05) is 86.5 Å². The highest BCUT2D eigenvalue weighted by Gasteiger charge is 2.17. The molecule has 2 heterocycles. The monoisotopic (exact) mass is 536 g/mol. The quantitative estimate of drug-likeness (QED) is 0.254. The van der Waals surface area contributed by atoms with Gasteiger partial charge in [-0.3, -0.25) is 9.59 Å². The summed E-state index contributed by atoms with van der Waals surface area (Å²) in [6.07, 6.45) is 7.86. The molecular formula is C34H40N4O2+2. The third kappa shape index (κ3) is 7.00. The van der Waals surface area contributed by atoms with E-state index < -0.39 is 0 Å². The van der Waals surface area contributed by atoms with Crippen LogP contribution in [-0.4, -0.2) is 47.8 Å². The van der Waals surface area contributed by atoms with E-state index >= 15 is 0 Å². The fourth-order valence-electron chi connectivity index (χ4n) is 4.91. The van der Waals surface area contributed by atoms with Gasteiger partial charge in [-0.05, 0) is 51.0 Å². The van der Waals surface area contributed by atoms with E-state index in [0.29, 0.717) is 50.4 Å². The Bertz CT molecular complexity index is 1310. The summed E-state index contributed by atoms with van der Waals surface area (Å²) < 4.78 is 4.12. The lowest BCUT2D eigenvalue weighted by atomic mass is 10.0. The Hall–Kier alpha value is -4.32. The summed E-state index contributed by atoms with van der Waals surface area (Å²) in [5.74, 6) is 0.134. The van der Waals surface area contributed by atoms with Gasteiger partial charge in [-0.1, -0.05) is 48.5 Å². The number of benzene rings is 2. The first kappa shape index (κ1) is 28.7. The maximum atomic E-state index is 12.7. The van der Waals surface area contributed by atoms with Gasteiger partial charge >= 0.3 is 0 Å². The van der Waals surface area contributed by atoms with Gasteiger partial charge in [-0.2, -0.15) is 9.13 Å². The number of amides is 2. The molecule has 0 aliphatic carbocycles. The van der Waals surface area contributed by atoms with Crippen molar-refractivity contribution >= 4 is 11.8 Å². The summed E-state index contributed by atoms with van der Waals surface area (Å²) in [7, 11) is 0. The second-order valence-electron chi connectivity index (χ2n) is 9.88. The molecule has 0 radical (unpaired) electrons. The van der Waals surface area contributed by atoms with Crippen molar-refractivity contribution in [3.63, 3.8) is 0 Å². The molecule has 0 bridgehead atoms. The summed E-state index contributed by atoms with van der Waals surface area (Å²) in [6.45, 7) is 12.2. The number of aromatic nitrogens is 2. The maximum absolute atomic E-state index is 12.7. The zero-order chi connectivity index (χ0) is 28.5. The van der Waals surface area contributed by atoms with Crippen LogP contribution in [0.15, 0.2) is 97.6 Å². The van der Waals surface area contributed by atoms with Gasteiger partial charge in [-0.15, -0.1) is 0 Å². The van der Waals surface area contributed by atoms with Crippen molar-refractivity contribution in [2.75, 3.05) is 26.2 Å². The summed E-state index contributed by atoms with van der Waals surface area (Å²) in [5.41, 5.74) is 6.09. The van der Waals surface area contributed by atoms with Crippen molar-refractivity contribution in [2.45, 2.75) is 40.8 Å². The number of rotatable bonds is 11. The molecule has 0 N–H and O–H groups in total. The molecular weight excluding hydrogens is 496 g/mol. The second-order valence-corrected chi connectivity index (χ2v) is 9.88. The minimum atomic E-state index is 0.0670. The fourth-order valence-corrected chi connectivity index (χ4v) is 4.91. The molecule has 6 heteroatoms. The van der Waals surface area contributed by atoms with Gasteiger partial charge in [0, 0.05) is 49.4 Å². The topological polar surface area (TPSA) is 48.4 Å². The second kappa shape index (κ2) is 13.7. The van der Waals surface area contributed by atoms with Gasteiger partial charge in [0.15, 0.2) is 37.9 Å². The highest BCUT2D eigenvalue weighted by molar-refractivity contribution is 5.94. The Labute approximate surface area is 238 Å². The number of hydrogen-bond donors (Lipinski definition) is 0. The predicted molar refractivity (Wildman–Crippen MR) is 158 cm³/mol. The normalized spacial score (nSPS) is 10.8. The van der Waals surface area contributed by atoms with Crippen LogP contribution in [0, 0.1) is 0 Å². The van der Waals surface area contributed by atoms with Gasteiger partial charge in [0.05, 0.1) is 0 Å². The average Bonchev–Trinajstić information content (AvgIpc) is 2.99. The zero-order valence-corrected chi connectivity index (χ0v) is 24.1. The molecule has 0 aliphatic heterocycles. The first-order chi connectivity index (χ1) is 19.4. The van der Waals surface area contributed by atoms with Crippen molar-refractivity contribution in [1.29, 1.82) is 0 Å². The first-order valence-electron chi connectivity index (χ1n) is 14.2. The SMILES string of the molecule is CCN(CC)C(=O)c1ccc[n+](Cc2ccc(-c3ccc(C[n+]4cccc(C(=O)N(CC)CC)c4)cc3)cc2)c1. The molecule has 4 rings (SSSR count). The molecule has 2 aromatic carbocycles. The van der Waals surface area contributed by atoms with Crippen molar-refractivity contribution in [3.8, 4) is 11.1 Å². The molecule has 0 saturated carbocycles. The number of nitrogens with zero attached hydrogens (tertiary/aromatic N) is 4. The lowest BCUT2D eigenvalue weighted by Crippen LogP contribution is -2.37. The van der Waals surface area contributed by atoms with Crippen molar-refractivity contribution < 1.29 is 18.7 Å². The van der Waals surface area contributed by atoms with E-state index in [9.17, 15) is 9.59 Å². The molecule has 206 valence electrons. The van der Waals surface area contributed by atoms with E-state index in [-0.39, 0.29) is 11.8 Å². The minimum Gasteiger partial charge on any atom is -0.339 e. The maximum Gasteiger partial charge on any atom is 0.259 e. The Balaban J connectivity index is 1.41. The molecule has 2 amide bonds. The first-order valence-corrected chi connectivity index (χ1v) is 14.2. The van der Waals surface area contributed by atoms with E-state index in [1.165, 1.54) is 11.1 Å². The fraction of sp³-hybridized carbons (Fsp3) is 0.294. The molecule has 4 aromatic rings. The summed E-state index contributed by atoms with van der Waals surface area (Å²) >= 11 is 0. The van der Waals surface area contributed by atoms with Crippen LogP contribution in [0.1, 0.15) is 59.5 Å². The highest BCUT2D eigenvalue weighted by atomic mass is 16.2. The van der Waals surface area contributed by atoms with Crippen LogP contribution in [0.25, 0.3) is 11.1 Å². The Morgan fingerprint density at radius 3 is 1.23 bits per heavy atom. The van der Waals surface area contributed by atoms with Crippen LogP contribution in [0.5, 0.6) is 0 Å². The summed E-state index contributed by atoms with van der Waals surface area (Å²) in [6, 6.07) is 24.8. The largest absolute Gasteiger partial charge is 0.339 e. The van der Waals surface area contributed by atoms with Gasteiger partial charge in [-0.25, -0.2) is 0 Å². The van der Waals surface area contributed by atoms with E-state index in [0.717, 1.165) is 11.1 Å². The van der Waals surface area contributed by atoms with Crippen molar-refractivity contribution in [2.24, 2.45) is 0 Å². The number of carbonyl (C=O) groups excluding carboxylic acids is 2. The summed E-state index contributed by atoms with van der Waals surface area (Å²) in [5, 5.41) is 0. The van der Waals surface area contributed by atoms with E-state index in [2.05, 4.69) is 57.7 Å². The van der Waals surface area contributed by atoms with Crippen molar-refractivity contribution in [3.05, 3.63) is 120 Å². The zero-order valence-electron chi connectivity index (χ0n) is 24.1. The van der Waals surface area contributed by atoms with Crippen LogP contribution in [0.2, 0.25) is 0 Å².